The maximum atomic E-state index is 12.3. The Hall–Kier alpha value is -1.42. The molecule has 2 atom stereocenters. The van der Waals surface area contributed by atoms with Crippen LogP contribution in [0, 0.1) is 17.2 Å². The molecule has 108 valence electrons. The van der Waals surface area contributed by atoms with Crippen LogP contribution in [0.1, 0.15) is 24.8 Å². The summed E-state index contributed by atoms with van der Waals surface area (Å²) >= 11 is 0. The van der Waals surface area contributed by atoms with Gasteiger partial charge in [0.2, 0.25) is 10.0 Å². The van der Waals surface area contributed by atoms with E-state index in [0.29, 0.717) is 6.54 Å². The van der Waals surface area contributed by atoms with Gasteiger partial charge in [0.15, 0.2) is 0 Å². The second kappa shape index (κ2) is 6.35. The molecule has 2 rings (SSSR count). The van der Waals surface area contributed by atoms with Crippen LogP contribution < -0.4 is 10.5 Å². The second-order valence-corrected chi connectivity index (χ2v) is 6.85. The summed E-state index contributed by atoms with van der Waals surface area (Å²) in [6.45, 7) is 0.508. The quantitative estimate of drug-likeness (QED) is 0.851. The molecule has 0 amide bonds. The van der Waals surface area contributed by atoms with Crippen LogP contribution in [0.2, 0.25) is 0 Å². The maximum Gasteiger partial charge on any atom is 0.240 e. The molecular weight excluding hydrogens is 274 g/mol. The number of nitriles is 1. The van der Waals surface area contributed by atoms with Crippen LogP contribution in [0.15, 0.2) is 29.2 Å². The average molecular weight is 293 g/mol. The molecule has 0 heterocycles. The first-order chi connectivity index (χ1) is 9.56. The van der Waals surface area contributed by atoms with Gasteiger partial charge in [0.25, 0.3) is 0 Å². The van der Waals surface area contributed by atoms with Gasteiger partial charge >= 0.3 is 0 Å². The van der Waals surface area contributed by atoms with Crippen LogP contribution >= 0.6 is 0 Å². The fourth-order valence-corrected chi connectivity index (χ4v) is 3.96. The molecule has 1 aromatic carbocycles. The molecule has 1 aliphatic carbocycles. The summed E-state index contributed by atoms with van der Waals surface area (Å²) in [5.74, 6) is 0.225. The lowest BCUT2D eigenvalue weighted by molar-refractivity contribution is 0.453. The van der Waals surface area contributed by atoms with Crippen molar-refractivity contribution in [1.29, 1.82) is 5.26 Å². The average Bonchev–Trinajstić information content (AvgIpc) is 2.86. The molecule has 0 radical (unpaired) electrons. The van der Waals surface area contributed by atoms with E-state index in [0.717, 1.165) is 24.8 Å². The van der Waals surface area contributed by atoms with Crippen molar-refractivity contribution in [3.63, 3.8) is 0 Å². The van der Waals surface area contributed by atoms with E-state index >= 15 is 0 Å². The minimum absolute atomic E-state index is 0.0659. The van der Waals surface area contributed by atoms with Crippen LogP contribution in [0.5, 0.6) is 0 Å². The SMILES string of the molecule is N#CCc1ccc(S(=O)(=O)NC2CCCC2CN)cc1. The van der Waals surface area contributed by atoms with Crippen molar-refractivity contribution in [1.82, 2.24) is 4.72 Å². The Morgan fingerprint density at radius 3 is 2.60 bits per heavy atom. The summed E-state index contributed by atoms with van der Waals surface area (Å²) in [5.41, 5.74) is 6.48. The molecule has 0 aromatic heterocycles. The molecular formula is C14H19N3O2S. The van der Waals surface area contributed by atoms with Crippen molar-refractivity contribution in [2.45, 2.75) is 36.6 Å². The zero-order valence-corrected chi connectivity index (χ0v) is 12.1. The molecule has 1 aromatic rings. The van der Waals surface area contributed by atoms with Crippen LogP contribution in [0.4, 0.5) is 0 Å². The van der Waals surface area contributed by atoms with Crippen molar-refractivity contribution < 1.29 is 8.42 Å². The topological polar surface area (TPSA) is 96.0 Å². The number of rotatable bonds is 5. The van der Waals surface area contributed by atoms with E-state index in [1.54, 1.807) is 24.3 Å². The zero-order chi connectivity index (χ0) is 14.6. The van der Waals surface area contributed by atoms with Gasteiger partial charge in [-0.05, 0) is 43.0 Å². The largest absolute Gasteiger partial charge is 0.330 e. The summed E-state index contributed by atoms with van der Waals surface area (Å²) in [7, 11) is -3.51. The third-order valence-electron chi connectivity index (χ3n) is 3.79. The lowest BCUT2D eigenvalue weighted by Gasteiger charge is -2.19. The van der Waals surface area contributed by atoms with Gasteiger partial charge in [-0.15, -0.1) is 0 Å². The Labute approximate surface area is 119 Å². The standard InChI is InChI=1S/C14H19N3O2S/c15-9-8-11-4-6-13(7-5-11)20(18,19)17-14-3-1-2-12(14)10-16/h4-7,12,14,17H,1-3,8,10,16H2. The van der Waals surface area contributed by atoms with E-state index in [4.69, 9.17) is 11.0 Å². The highest BCUT2D eigenvalue weighted by molar-refractivity contribution is 7.89. The van der Waals surface area contributed by atoms with Gasteiger partial charge in [0, 0.05) is 6.04 Å². The van der Waals surface area contributed by atoms with Crippen molar-refractivity contribution >= 4 is 10.0 Å². The first kappa shape index (κ1) is 15.0. The minimum atomic E-state index is -3.51. The molecule has 3 N–H and O–H groups in total. The van der Waals surface area contributed by atoms with Gasteiger partial charge in [0.05, 0.1) is 17.4 Å². The first-order valence-corrected chi connectivity index (χ1v) is 8.23. The smallest absolute Gasteiger partial charge is 0.240 e. The highest BCUT2D eigenvalue weighted by Crippen LogP contribution is 2.26. The summed E-state index contributed by atoms with van der Waals surface area (Å²) in [5, 5.41) is 8.60. The lowest BCUT2D eigenvalue weighted by atomic mass is 10.1. The molecule has 1 aliphatic rings. The Balaban J connectivity index is 2.12. The summed E-state index contributed by atoms with van der Waals surface area (Å²) in [6, 6.07) is 8.40. The first-order valence-electron chi connectivity index (χ1n) is 6.75. The van der Waals surface area contributed by atoms with E-state index in [2.05, 4.69) is 4.72 Å². The number of sulfonamides is 1. The molecule has 1 fully saturated rings. The fourth-order valence-electron chi connectivity index (χ4n) is 2.62. The molecule has 20 heavy (non-hydrogen) atoms. The van der Waals surface area contributed by atoms with Crippen molar-refractivity contribution in [3.05, 3.63) is 29.8 Å². The summed E-state index contributed by atoms with van der Waals surface area (Å²) < 4.78 is 27.4. The number of hydrogen-bond donors (Lipinski definition) is 2. The predicted molar refractivity (Wildman–Crippen MR) is 76.3 cm³/mol. The van der Waals surface area contributed by atoms with Gasteiger partial charge in [-0.25, -0.2) is 13.1 Å². The minimum Gasteiger partial charge on any atom is -0.330 e. The molecule has 5 nitrogen and oxygen atoms in total. The Bertz CT molecular complexity index is 590. The lowest BCUT2D eigenvalue weighted by Crippen LogP contribution is -2.39. The zero-order valence-electron chi connectivity index (χ0n) is 11.2. The van der Waals surface area contributed by atoms with E-state index in [1.165, 1.54) is 0 Å². The second-order valence-electron chi connectivity index (χ2n) is 5.13. The van der Waals surface area contributed by atoms with Gasteiger partial charge in [0.1, 0.15) is 0 Å². The van der Waals surface area contributed by atoms with E-state index in [9.17, 15) is 8.42 Å². The van der Waals surface area contributed by atoms with Crippen LogP contribution in [-0.4, -0.2) is 21.0 Å². The van der Waals surface area contributed by atoms with Gasteiger partial charge in [-0.1, -0.05) is 18.6 Å². The van der Waals surface area contributed by atoms with Gasteiger partial charge < -0.3 is 5.73 Å². The van der Waals surface area contributed by atoms with Crippen molar-refractivity contribution in [2.24, 2.45) is 11.7 Å². The molecule has 6 heteroatoms. The summed E-state index contributed by atoms with van der Waals surface area (Å²) in [4.78, 5) is 0.238. The molecule has 0 spiro atoms. The highest BCUT2D eigenvalue weighted by Gasteiger charge is 2.30. The Kier molecular flexibility index (Phi) is 4.76. The molecule has 2 unspecified atom stereocenters. The third-order valence-corrected chi connectivity index (χ3v) is 5.29. The van der Waals surface area contributed by atoms with Gasteiger partial charge in [-0.3, -0.25) is 0 Å². The molecule has 1 saturated carbocycles. The van der Waals surface area contributed by atoms with E-state index in [-0.39, 0.29) is 23.3 Å². The predicted octanol–water partition coefficient (Wildman–Crippen LogP) is 1.16. The van der Waals surface area contributed by atoms with Gasteiger partial charge in [-0.2, -0.15) is 5.26 Å². The number of nitrogens with two attached hydrogens (primary N) is 1. The molecule has 0 saturated heterocycles. The number of nitrogens with zero attached hydrogens (tertiary/aromatic N) is 1. The summed E-state index contributed by atoms with van der Waals surface area (Å²) in [6.07, 6.45) is 3.11. The molecule has 0 bridgehead atoms. The highest BCUT2D eigenvalue weighted by atomic mass is 32.2. The van der Waals surface area contributed by atoms with E-state index < -0.39 is 10.0 Å². The van der Waals surface area contributed by atoms with Crippen LogP contribution in [0.3, 0.4) is 0 Å². The number of benzene rings is 1. The van der Waals surface area contributed by atoms with Crippen LogP contribution in [-0.2, 0) is 16.4 Å². The van der Waals surface area contributed by atoms with Crippen molar-refractivity contribution in [2.75, 3.05) is 6.54 Å². The number of hydrogen-bond acceptors (Lipinski definition) is 4. The van der Waals surface area contributed by atoms with E-state index in [1.807, 2.05) is 6.07 Å². The van der Waals surface area contributed by atoms with Crippen molar-refractivity contribution in [3.8, 4) is 6.07 Å². The Morgan fingerprint density at radius 2 is 2.00 bits per heavy atom. The fraction of sp³-hybridized carbons (Fsp3) is 0.500. The molecule has 0 aliphatic heterocycles. The third kappa shape index (κ3) is 3.37. The normalized spacial score (nSPS) is 22.6. The number of nitrogens with one attached hydrogen (secondary N) is 1. The monoisotopic (exact) mass is 293 g/mol. The Morgan fingerprint density at radius 1 is 1.30 bits per heavy atom. The maximum absolute atomic E-state index is 12.3. The van der Waals surface area contributed by atoms with Crippen LogP contribution in [0.25, 0.3) is 0 Å².